The van der Waals surface area contributed by atoms with E-state index in [1.807, 2.05) is 6.92 Å². The molecule has 0 bridgehead atoms. The van der Waals surface area contributed by atoms with Gasteiger partial charge < -0.3 is 35.0 Å². The SMILES string of the molecule is COc1ccc(NC(=O)N(C)C[C@H]2Oc3ccc(NC(=O)C4CC4)cc3C(=O)N([C@@H](C)CO)C[C@@H]2C)cc1. The molecule has 4 amide bonds. The van der Waals surface area contributed by atoms with Crippen molar-refractivity contribution in [2.75, 3.05) is 44.5 Å². The molecule has 1 fully saturated rings. The molecule has 10 nitrogen and oxygen atoms in total. The molecule has 204 valence electrons. The summed E-state index contributed by atoms with van der Waals surface area (Å²) in [6.45, 7) is 4.14. The second kappa shape index (κ2) is 11.7. The number of nitrogens with zero attached hydrogens (tertiary/aromatic N) is 2. The van der Waals surface area contributed by atoms with E-state index in [1.165, 1.54) is 0 Å². The second-order valence-electron chi connectivity index (χ2n) is 10.1. The number of methoxy groups -OCH3 is 1. The van der Waals surface area contributed by atoms with Gasteiger partial charge in [-0.2, -0.15) is 0 Å². The molecule has 1 aliphatic carbocycles. The molecule has 1 saturated carbocycles. The van der Waals surface area contributed by atoms with E-state index in [0.717, 1.165) is 12.8 Å². The van der Waals surface area contributed by atoms with Gasteiger partial charge in [0.2, 0.25) is 5.91 Å². The van der Waals surface area contributed by atoms with E-state index in [4.69, 9.17) is 9.47 Å². The van der Waals surface area contributed by atoms with Crippen LogP contribution in [0.2, 0.25) is 0 Å². The van der Waals surface area contributed by atoms with Gasteiger partial charge in [-0.3, -0.25) is 9.59 Å². The zero-order valence-corrected chi connectivity index (χ0v) is 22.3. The van der Waals surface area contributed by atoms with Crippen molar-refractivity contribution in [3.8, 4) is 11.5 Å². The van der Waals surface area contributed by atoms with Crippen LogP contribution in [0.25, 0.3) is 0 Å². The van der Waals surface area contributed by atoms with Crippen LogP contribution in [0.15, 0.2) is 42.5 Å². The Morgan fingerprint density at radius 2 is 1.84 bits per heavy atom. The first-order chi connectivity index (χ1) is 18.2. The molecule has 38 heavy (non-hydrogen) atoms. The normalized spacial score (nSPS) is 19.8. The van der Waals surface area contributed by atoms with Gasteiger partial charge in [0.15, 0.2) is 0 Å². The number of ether oxygens (including phenoxy) is 2. The lowest BCUT2D eigenvalue weighted by Crippen LogP contribution is -2.50. The van der Waals surface area contributed by atoms with Crippen LogP contribution in [-0.4, -0.2) is 78.8 Å². The summed E-state index contributed by atoms with van der Waals surface area (Å²) in [5, 5.41) is 15.6. The molecular formula is C28H36N4O6. The summed E-state index contributed by atoms with van der Waals surface area (Å²) < 4.78 is 11.5. The number of hydrogen-bond donors (Lipinski definition) is 3. The van der Waals surface area contributed by atoms with Gasteiger partial charge in [0.25, 0.3) is 5.91 Å². The van der Waals surface area contributed by atoms with E-state index in [9.17, 15) is 19.5 Å². The number of likely N-dealkylation sites (N-methyl/N-ethyl adjacent to an activating group) is 1. The number of aliphatic hydroxyl groups excluding tert-OH is 1. The Bertz CT molecular complexity index is 1170. The van der Waals surface area contributed by atoms with Crippen molar-refractivity contribution < 1.29 is 29.0 Å². The highest BCUT2D eigenvalue weighted by atomic mass is 16.5. The summed E-state index contributed by atoms with van der Waals surface area (Å²) in [5.41, 5.74) is 1.46. The van der Waals surface area contributed by atoms with Gasteiger partial charge in [0.05, 0.1) is 31.9 Å². The largest absolute Gasteiger partial charge is 0.497 e. The third-order valence-corrected chi connectivity index (χ3v) is 7.02. The summed E-state index contributed by atoms with van der Waals surface area (Å²) in [6, 6.07) is 11.4. The first-order valence-corrected chi connectivity index (χ1v) is 12.9. The van der Waals surface area contributed by atoms with Gasteiger partial charge in [0, 0.05) is 36.8 Å². The molecule has 0 spiro atoms. The number of urea groups is 1. The highest BCUT2D eigenvalue weighted by Crippen LogP contribution is 2.33. The maximum atomic E-state index is 13.5. The predicted molar refractivity (Wildman–Crippen MR) is 144 cm³/mol. The number of carbonyl (C=O) groups is 3. The molecular weight excluding hydrogens is 488 g/mol. The number of fused-ring (bicyclic) bond motifs is 1. The molecule has 0 saturated heterocycles. The average Bonchev–Trinajstić information content (AvgIpc) is 3.76. The third kappa shape index (κ3) is 6.36. The highest BCUT2D eigenvalue weighted by Gasteiger charge is 2.35. The smallest absolute Gasteiger partial charge is 0.321 e. The summed E-state index contributed by atoms with van der Waals surface area (Å²) in [4.78, 5) is 41.9. The summed E-state index contributed by atoms with van der Waals surface area (Å²) in [5.74, 6) is 0.611. The van der Waals surface area contributed by atoms with Gasteiger partial charge in [-0.25, -0.2) is 4.79 Å². The van der Waals surface area contributed by atoms with Crippen molar-refractivity contribution in [1.82, 2.24) is 9.80 Å². The number of hydrogen-bond acceptors (Lipinski definition) is 6. The van der Waals surface area contributed by atoms with Gasteiger partial charge in [-0.05, 0) is 62.2 Å². The number of anilines is 2. The van der Waals surface area contributed by atoms with E-state index < -0.39 is 12.1 Å². The Morgan fingerprint density at radius 1 is 1.16 bits per heavy atom. The van der Waals surface area contributed by atoms with Crippen molar-refractivity contribution in [1.29, 1.82) is 0 Å². The van der Waals surface area contributed by atoms with Crippen LogP contribution in [0.1, 0.15) is 37.0 Å². The van der Waals surface area contributed by atoms with Crippen molar-refractivity contribution in [2.45, 2.75) is 38.8 Å². The molecule has 0 unspecified atom stereocenters. The fourth-order valence-corrected chi connectivity index (χ4v) is 4.35. The molecule has 2 aromatic carbocycles. The highest BCUT2D eigenvalue weighted by molar-refractivity contribution is 6.00. The molecule has 2 aliphatic rings. The van der Waals surface area contributed by atoms with Crippen molar-refractivity contribution in [2.24, 2.45) is 11.8 Å². The van der Waals surface area contributed by atoms with Gasteiger partial charge in [0.1, 0.15) is 17.6 Å². The summed E-state index contributed by atoms with van der Waals surface area (Å²) in [6.07, 6.45) is 1.31. The number of amides is 4. The predicted octanol–water partition coefficient (Wildman–Crippen LogP) is 3.43. The van der Waals surface area contributed by atoms with E-state index in [0.29, 0.717) is 35.0 Å². The molecule has 0 aromatic heterocycles. The van der Waals surface area contributed by atoms with Crippen LogP contribution in [0, 0.1) is 11.8 Å². The van der Waals surface area contributed by atoms with Gasteiger partial charge in [-0.15, -0.1) is 0 Å². The maximum absolute atomic E-state index is 13.5. The van der Waals surface area contributed by atoms with Gasteiger partial charge >= 0.3 is 6.03 Å². The van der Waals surface area contributed by atoms with E-state index in [2.05, 4.69) is 10.6 Å². The van der Waals surface area contributed by atoms with Crippen molar-refractivity contribution in [3.05, 3.63) is 48.0 Å². The van der Waals surface area contributed by atoms with E-state index in [-0.39, 0.29) is 42.8 Å². The third-order valence-electron chi connectivity index (χ3n) is 7.02. The van der Waals surface area contributed by atoms with Crippen LogP contribution in [0.3, 0.4) is 0 Å². The fourth-order valence-electron chi connectivity index (χ4n) is 4.35. The Morgan fingerprint density at radius 3 is 2.47 bits per heavy atom. The first-order valence-electron chi connectivity index (χ1n) is 12.9. The van der Waals surface area contributed by atoms with Crippen LogP contribution in [0.5, 0.6) is 11.5 Å². The Labute approximate surface area is 222 Å². The fraction of sp³-hybridized carbons (Fsp3) is 0.464. The number of aliphatic hydroxyl groups is 1. The van der Waals surface area contributed by atoms with Crippen LogP contribution in [-0.2, 0) is 4.79 Å². The van der Waals surface area contributed by atoms with Crippen LogP contribution in [0.4, 0.5) is 16.2 Å². The molecule has 10 heteroatoms. The molecule has 2 aromatic rings. The number of rotatable bonds is 8. The molecule has 3 atom stereocenters. The summed E-state index contributed by atoms with van der Waals surface area (Å²) in [7, 11) is 3.26. The molecule has 4 rings (SSSR count). The number of benzene rings is 2. The molecule has 0 radical (unpaired) electrons. The van der Waals surface area contributed by atoms with E-state index in [1.54, 1.807) is 73.3 Å². The zero-order valence-electron chi connectivity index (χ0n) is 22.3. The standard InChI is InChI=1S/C28H36N4O6/c1-17-14-32(18(2)16-33)27(35)23-13-21(29-26(34)19-5-6-19)9-12-24(23)38-25(17)15-31(3)28(36)30-20-7-10-22(37-4)11-8-20/h7-13,17-19,25,33H,5-6,14-16H2,1-4H3,(H,29,34)(H,30,36)/t17-,18-,25+/m0/s1. The Balaban J connectivity index is 1.54. The van der Waals surface area contributed by atoms with Crippen molar-refractivity contribution >= 4 is 29.2 Å². The minimum Gasteiger partial charge on any atom is -0.497 e. The van der Waals surface area contributed by atoms with E-state index >= 15 is 0 Å². The maximum Gasteiger partial charge on any atom is 0.321 e. The molecule has 1 heterocycles. The Hall–Kier alpha value is -3.79. The summed E-state index contributed by atoms with van der Waals surface area (Å²) >= 11 is 0. The lowest BCUT2D eigenvalue weighted by molar-refractivity contribution is -0.117. The minimum atomic E-state index is -0.436. The van der Waals surface area contributed by atoms with Gasteiger partial charge in [-0.1, -0.05) is 6.92 Å². The Kier molecular flexibility index (Phi) is 8.41. The lowest BCUT2D eigenvalue weighted by atomic mass is 9.99. The number of carbonyl (C=O) groups excluding carboxylic acids is 3. The average molecular weight is 525 g/mol. The minimum absolute atomic E-state index is 0.0275. The second-order valence-corrected chi connectivity index (χ2v) is 10.1. The van der Waals surface area contributed by atoms with Crippen molar-refractivity contribution in [3.63, 3.8) is 0 Å². The zero-order chi connectivity index (χ0) is 27.4. The number of nitrogens with one attached hydrogen (secondary N) is 2. The van der Waals surface area contributed by atoms with Crippen LogP contribution >= 0.6 is 0 Å². The monoisotopic (exact) mass is 524 g/mol. The molecule has 3 N–H and O–H groups in total. The quantitative estimate of drug-likeness (QED) is 0.487. The first kappa shape index (κ1) is 27.3. The van der Waals surface area contributed by atoms with Crippen LogP contribution < -0.4 is 20.1 Å². The molecule has 1 aliphatic heterocycles. The lowest BCUT2D eigenvalue weighted by Gasteiger charge is -2.38. The topological polar surface area (TPSA) is 120 Å².